The van der Waals surface area contributed by atoms with Crippen molar-refractivity contribution in [3.8, 4) is 17.6 Å². The van der Waals surface area contributed by atoms with Crippen LogP contribution in [-0.2, 0) is 20.8 Å². The first kappa shape index (κ1) is 20.0. The lowest BCUT2D eigenvalue weighted by Gasteiger charge is -2.05. The van der Waals surface area contributed by atoms with Crippen molar-refractivity contribution >= 4 is 0 Å². The van der Waals surface area contributed by atoms with Gasteiger partial charge in [-0.05, 0) is 48.4 Å². The van der Waals surface area contributed by atoms with Crippen LogP contribution in [0.1, 0.15) is 30.0 Å². The van der Waals surface area contributed by atoms with E-state index in [-0.39, 0.29) is 6.79 Å². The van der Waals surface area contributed by atoms with Gasteiger partial charge in [0, 0.05) is 18.2 Å². The average molecular weight is 354 g/mol. The van der Waals surface area contributed by atoms with Crippen LogP contribution in [0.4, 0.5) is 0 Å². The Bertz CT molecular complexity index is 681. The largest absolute Gasteiger partial charge is 0.494 e. The third kappa shape index (κ3) is 7.71. The van der Waals surface area contributed by atoms with E-state index in [1.165, 1.54) is 0 Å². The second kappa shape index (κ2) is 12.1. The summed E-state index contributed by atoms with van der Waals surface area (Å²) >= 11 is 0. The maximum Gasteiger partial charge on any atom is 0.147 e. The van der Waals surface area contributed by atoms with E-state index in [2.05, 4.69) is 18.8 Å². The summed E-state index contributed by atoms with van der Waals surface area (Å²) in [5.74, 6) is 7.22. The zero-order chi connectivity index (χ0) is 18.5. The van der Waals surface area contributed by atoms with Gasteiger partial charge in [0.1, 0.15) is 12.5 Å². The van der Waals surface area contributed by atoms with Crippen LogP contribution in [0.2, 0.25) is 0 Å². The van der Waals surface area contributed by atoms with Gasteiger partial charge in [-0.15, -0.1) is 0 Å². The Kier molecular flexibility index (Phi) is 9.31. The molecule has 0 aliphatic carbocycles. The molecule has 2 rings (SSSR count). The summed E-state index contributed by atoms with van der Waals surface area (Å²) in [7, 11) is 1.64. The molecule has 138 valence electrons. The van der Waals surface area contributed by atoms with Gasteiger partial charge in [0.05, 0.1) is 26.4 Å². The minimum absolute atomic E-state index is 0.267. The fraction of sp³-hybridized carbons (Fsp3) is 0.364. The molecule has 26 heavy (non-hydrogen) atoms. The van der Waals surface area contributed by atoms with Crippen LogP contribution < -0.4 is 4.74 Å². The average Bonchev–Trinajstić information content (AvgIpc) is 2.69. The lowest BCUT2D eigenvalue weighted by molar-refractivity contribution is -0.0724. The Labute approximate surface area is 156 Å². The summed E-state index contributed by atoms with van der Waals surface area (Å²) in [4.78, 5) is 0. The summed E-state index contributed by atoms with van der Waals surface area (Å²) in [6.07, 6.45) is 1.00. The fourth-order valence-corrected chi connectivity index (χ4v) is 2.10. The predicted octanol–water partition coefficient (Wildman–Crippen LogP) is 4.01. The maximum atomic E-state index is 5.57. The van der Waals surface area contributed by atoms with Gasteiger partial charge >= 0.3 is 0 Å². The molecule has 0 bridgehead atoms. The molecule has 2 aromatic carbocycles. The Morgan fingerprint density at radius 1 is 0.769 bits per heavy atom. The molecule has 2 aromatic rings. The molecule has 0 saturated carbocycles. The number of rotatable bonds is 10. The van der Waals surface area contributed by atoms with Crippen molar-refractivity contribution in [3.63, 3.8) is 0 Å². The Morgan fingerprint density at radius 2 is 1.42 bits per heavy atom. The minimum Gasteiger partial charge on any atom is -0.494 e. The molecule has 0 aliphatic heterocycles. The predicted molar refractivity (Wildman–Crippen MR) is 102 cm³/mol. The Balaban J connectivity index is 1.79. The first-order valence-electron chi connectivity index (χ1n) is 8.80. The summed E-state index contributed by atoms with van der Waals surface area (Å²) < 4.78 is 21.2. The fourth-order valence-electron chi connectivity index (χ4n) is 2.10. The monoisotopic (exact) mass is 354 g/mol. The van der Waals surface area contributed by atoms with Gasteiger partial charge in [-0.1, -0.05) is 30.9 Å². The van der Waals surface area contributed by atoms with Crippen LogP contribution in [0.5, 0.6) is 5.75 Å². The number of hydrogen-bond acceptors (Lipinski definition) is 4. The van der Waals surface area contributed by atoms with E-state index in [1.807, 2.05) is 48.5 Å². The molecule has 0 N–H and O–H groups in total. The van der Waals surface area contributed by atoms with Crippen molar-refractivity contribution < 1.29 is 18.9 Å². The van der Waals surface area contributed by atoms with Crippen molar-refractivity contribution in [2.45, 2.75) is 20.0 Å². The molecule has 4 nitrogen and oxygen atoms in total. The molecule has 0 amide bonds. The molecular weight excluding hydrogens is 328 g/mol. The van der Waals surface area contributed by atoms with E-state index in [9.17, 15) is 0 Å². The van der Waals surface area contributed by atoms with Gasteiger partial charge in [-0.2, -0.15) is 0 Å². The normalized spacial score (nSPS) is 10.2. The molecule has 0 radical (unpaired) electrons. The van der Waals surface area contributed by atoms with Gasteiger partial charge in [0.15, 0.2) is 0 Å². The summed E-state index contributed by atoms with van der Waals surface area (Å²) in [6, 6.07) is 15.9. The van der Waals surface area contributed by atoms with Crippen molar-refractivity contribution in [1.29, 1.82) is 0 Å². The van der Waals surface area contributed by atoms with E-state index in [0.717, 1.165) is 35.5 Å². The van der Waals surface area contributed by atoms with Crippen molar-refractivity contribution in [3.05, 3.63) is 65.2 Å². The standard InChI is InChI=1S/C22H26O4/c1-3-14-26-22-12-10-20(11-13-22)5-4-19-6-8-21(9-7-19)17-25-18-24-16-15-23-2/h6-13H,3,14-18H2,1-2H3. The van der Waals surface area contributed by atoms with Crippen molar-refractivity contribution in [2.24, 2.45) is 0 Å². The molecule has 0 atom stereocenters. The third-order valence-corrected chi connectivity index (χ3v) is 3.50. The van der Waals surface area contributed by atoms with Gasteiger partial charge in [0.2, 0.25) is 0 Å². The van der Waals surface area contributed by atoms with Crippen LogP contribution in [-0.4, -0.2) is 33.7 Å². The Hall–Kier alpha value is -2.32. The summed E-state index contributed by atoms with van der Waals surface area (Å²) in [6.45, 7) is 4.72. The number of methoxy groups -OCH3 is 1. The highest BCUT2D eigenvalue weighted by Crippen LogP contribution is 2.12. The highest BCUT2D eigenvalue weighted by atomic mass is 16.7. The third-order valence-electron chi connectivity index (χ3n) is 3.50. The lowest BCUT2D eigenvalue weighted by atomic mass is 10.1. The van der Waals surface area contributed by atoms with E-state index in [4.69, 9.17) is 18.9 Å². The number of benzene rings is 2. The van der Waals surface area contributed by atoms with Gasteiger partial charge in [-0.3, -0.25) is 0 Å². The first-order chi connectivity index (χ1) is 12.8. The van der Waals surface area contributed by atoms with Gasteiger partial charge in [0.25, 0.3) is 0 Å². The van der Waals surface area contributed by atoms with Gasteiger partial charge in [-0.25, -0.2) is 0 Å². The highest BCUT2D eigenvalue weighted by molar-refractivity contribution is 5.44. The van der Waals surface area contributed by atoms with E-state index in [0.29, 0.717) is 19.8 Å². The van der Waals surface area contributed by atoms with E-state index in [1.54, 1.807) is 7.11 Å². The van der Waals surface area contributed by atoms with Crippen molar-refractivity contribution in [2.75, 3.05) is 33.7 Å². The molecule has 0 heterocycles. The zero-order valence-corrected chi connectivity index (χ0v) is 15.5. The maximum absolute atomic E-state index is 5.57. The van der Waals surface area contributed by atoms with Crippen LogP contribution in [0.3, 0.4) is 0 Å². The second-order valence-corrected chi connectivity index (χ2v) is 5.69. The summed E-state index contributed by atoms with van der Waals surface area (Å²) in [5, 5.41) is 0. The van der Waals surface area contributed by atoms with E-state index < -0.39 is 0 Å². The SMILES string of the molecule is CCCOc1ccc(C#Cc2ccc(COCOCCOC)cc2)cc1. The molecule has 0 unspecified atom stereocenters. The topological polar surface area (TPSA) is 36.9 Å². The number of ether oxygens (including phenoxy) is 4. The molecule has 0 saturated heterocycles. The highest BCUT2D eigenvalue weighted by Gasteiger charge is 1.95. The van der Waals surface area contributed by atoms with Crippen molar-refractivity contribution in [1.82, 2.24) is 0 Å². The van der Waals surface area contributed by atoms with Crippen LogP contribution in [0, 0.1) is 11.8 Å². The van der Waals surface area contributed by atoms with Gasteiger partial charge < -0.3 is 18.9 Å². The van der Waals surface area contributed by atoms with Crippen LogP contribution >= 0.6 is 0 Å². The summed E-state index contributed by atoms with van der Waals surface area (Å²) in [5.41, 5.74) is 3.02. The smallest absolute Gasteiger partial charge is 0.147 e. The molecule has 0 aliphatic rings. The molecule has 0 aromatic heterocycles. The van der Waals surface area contributed by atoms with E-state index >= 15 is 0 Å². The number of hydrogen-bond donors (Lipinski definition) is 0. The lowest BCUT2D eigenvalue weighted by Crippen LogP contribution is -2.05. The Morgan fingerprint density at radius 3 is 2.04 bits per heavy atom. The molecule has 0 fully saturated rings. The molecule has 0 spiro atoms. The molecule has 4 heteroatoms. The van der Waals surface area contributed by atoms with Crippen LogP contribution in [0.25, 0.3) is 0 Å². The quantitative estimate of drug-likeness (QED) is 0.367. The van der Waals surface area contributed by atoms with Crippen LogP contribution in [0.15, 0.2) is 48.5 Å². The molecular formula is C22H26O4. The first-order valence-corrected chi connectivity index (χ1v) is 8.80. The minimum atomic E-state index is 0.267. The zero-order valence-electron chi connectivity index (χ0n) is 15.5. The second-order valence-electron chi connectivity index (χ2n) is 5.69.